The largest absolute Gasteiger partial charge is 0.493 e. The van der Waals surface area contributed by atoms with Crippen LogP contribution in [0.2, 0.25) is 0 Å². The third-order valence-corrected chi connectivity index (χ3v) is 5.98. The molecule has 6 heteroatoms. The van der Waals surface area contributed by atoms with Crippen molar-refractivity contribution >= 4 is 23.3 Å². The second-order valence-electron chi connectivity index (χ2n) is 7.09. The number of aliphatic hydroxyl groups excluding tert-OH is 1. The summed E-state index contributed by atoms with van der Waals surface area (Å²) >= 11 is 5.83. The molecule has 1 N–H and O–H groups in total. The lowest BCUT2D eigenvalue weighted by Crippen LogP contribution is -2.39. The van der Waals surface area contributed by atoms with E-state index in [-0.39, 0.29) is 29.2 Å². The van der Waals surface area contributed by atoms with Gasteiger partial charge in [-0.1, -0.05) is 12.5 Å². The van der Waals surface area contributed by atoms with Crippen LogP contribution in [0.1, 0.15) is 38.5 Å². The minimum atomic E-state index is -0.474. The maximum absolute atomic E-state index is 12.4. The lowest BCUT2D eigenvalue weighted by atomic mass is 9.64. The van der Waals surface area contributed by atoms with E-state index < -0.39 is 6.10 Å². The summed E-state index contributed by atoms with van der Waals surface area (Å²) in [5.74, 6) is 0.930. The Bertz CT molecular complexity index is 668. The van der Waals surface area contributed by atoms with Gasteiger partial charge in [-0.25, -0.2) is 4.99 Å². The Morgan fingerprint density at radius 3 is 3.12 bits per heavy atom. The van der Waals surface area contributed by atoms with Crippen LogP contribution >= 0.6 is 11.6 Å². The van der Waals surface area contributed by atoms with Crippen molar-refractivity contribution in [3.05, 3.63) is 23.0 Å². The standard InChI is InChI=1S/C18H22ClNO4/c1-23-17-11(13(22)9-19)8-18-5-3-2-4-15(18)24-14-7-10(21)6-12(20-17)16(14)18/h8,10,12,15,21H,2-7,9H2,1H3/t10-,12?,15?,18?/m1/s1. The highest BCUT2D eigenvalue weighted by molar-refractivity contribution is 6.35. The van der Waals surface area contributed by atoms with Gasteiger partial charge in [-0.3, -0.25) is 4.79 Å². The first-order valence-electron chi connectivity index (χ1n) is 8.61. The Balaban J connectivity index is 1.92. The van der Waals surface area contributed by atoms with Crippen LogP contribution in [0.5, 0.6) is 0 Å². The van der Waals surface area contributed by atoms with Crippen LogP contribution in [0, 0.1) is 5.41 Å². The van der Waals surface area contributed by atoms with Gasteiger partial charge in [-0.05, 0) is 19.3 Å². The number of carbonyl (C=O) groups excluding carboxylic acids is 1. The van der Waals surface area contributed by atoms with E-state index in [1.54, 1.807) is 0 Å². The molecule has 24 heavy (non-hydrogen) atoms. The zero-order valence-electron chi connectivity index (χ0n) is 13.8. The van der Waals surface area contributed by atoms with E-state index in [0.29, 0.717) is 24.3 Å². The van der Waals surface area contributed by atoms with Crippen molar-refractivity contribution in [2.24, 2.45) is 10.4 Å². The molecule has 3 unspecified atom stereocenters. The summed E-state index contributed by atoms with van der Waals surface area (Å²) in [4.78, 5) is 17.1. The predicted molar refractivity (Wildman–Crippen MR) is 90.1 cm³/mol. The lowest BCUT2D eigenvalue weighted by Gasteiger charge is -2.39. The number of rotatable bonds is 2. The van der Waals surface area contributed by atoms with Gasteiger partial charge in [0.05, 0.1) is 36.1 Å². The second-order valence-corrected chi connectivity index (χ2v) is 7.36. The van der Waals surface area contributed by atoms with Crippen molar-refractivity contribution in [1.82, 2.24) is 0 Å². The highest BCUT2D eigenvalue weighted by atomic mass is 35.5. The monoisotopic (exact) mass is 351 g/mol. The molecular weight excluding hydrogens is 330 g/mol. The van der Waals surface area contributed by atoms with Crippen LogP contribution in [0.3, 0.4) is 0 Å². The number of ketones is 1. The van der Waals surface area contributed by atoms with Gasteiger partial charge in [0.1, 0.15) is 11.9 Å². The van der Waals surface area contributed by atoms with E-state index in [2.05, 4.69) is 0 Å². The zero-order valence-corrected chi connectivity index (χ0v) is 14.5. The quantitative estimate of drug-likeness (QED) is 0.776. The molecule has 2 aliphatic carbocycles. The number of hydrogen-bond acceptors (Lipinski definition) is 5. The molecule has 1 saturated carbocycles. The number of halogens is 1. The summed E-state index contributed by atoms with van der Waals surface area (Å²) < 4.78 is 11.7. The summed E-state index contributed by atoms with van der Waals surface area (Å²) in [7, 11) is 1.52. The Labute approximate surface area is 146 Å². The highest BCUT2D eigenvalue weighted by Crippen LogP contribution is 2.57. The molecule has 0 saturated heterocycles. The van der Waals surface area contributed by atoms with Crippen molar-refractivity contribution in [1.29, 1.82) is 0 Å². The number of nitrogens with zero attached hydrogens (tertiary/aromatic N) is 1. The number of aliphatic hydroxyl groups is 1. The SMILES string of the molecule is COC1=NC2C[C@@H](O)CC3=C2C2(C=C1C(=O)CCl)CCCCC2O3. The van der Waals surface area contributed by atoms with Gasteiger partial charge in [-0.2, -0.15) is 0 Å². The maximum Gasteiger partial charge on any atom is 0.219 e. The third kappa shape index (κ3) is 2.25. The lowest BCUT2D eigenvalue weighted by molar-refractivity contribution is -0.113. The topological polar surface area (TPSA) is 68.1 Å². The van der Waals surface area contributed by atoms with Crippen molar-refractivity contribution in [3.8, 4) is 0 Å². The number of alkyl halides is 1. The Hall–Kier alpha value is -1.33. The summed E-state index contributed by atoms with van der Waals surface area (Å²) in [5, 5.41) is 10.2. The number of aliphatic imine (C=N–C) groups is 1. The number of carbonyl (C=O) groups is 1. The smallest absolute Gasteiger partial charge is 0.219 e. The van der Waals surface area contributed by atoms with Crippen LogP contribution in [0.15, 0.2) is 28.0 Å². The fourth-order valence-electron chi connectivity index (χ4n) is 4.78. The molecule has 0 aromatic carbocycles. The van der Waals surface area contributed by atoms with Crippen LogP contribution in [0.25, 0.3) is 0 Å². The summed E-state index contributed by atoms with van der Waals surface area (Å²) in [6, 6.07) is -0.196. The summed E-state index contributed by atoms with van der Waals surface area (Å²) in [5.41, 5.74) is 1.31. The molecule has 4 atom stereocenters. The van der Waals surface area contributed by atoms with Crippen molar-refractivity contribution in [2.75, 3.05) is 13.0 Å². The first-order valence-corrected chi connectivity index (χ1v) is 9.15. The first kappa shape index (κ1) is 16.2. The van der Waals surface area contributed by atoms with E-state index >= 15 is 0 Å². The molecule has 0 bridgehead atoms. The zero-order chi connectivity index (χ0) is 16.9. The molecule has 2 aliphatic heterocycles. The summed E-state index contributed by atoms with van der Waals surface area (Å²) in [6.45, 7) is 0. The first-order chi connectivity index (χ1) is 11.6. The molecule has 5 nitrogen and oxygen atoms in total. The molecule has 0 aromatic heterocycles. The molecule has 0 aromatic rings. The Kier molecular flexibility index (Phi) is 3.96. The fraction of sp³-hybridized carbons (Fsp3) is 0.667. The van der Waals surface area contributed by atoms with E-state index in [9.17, 15) is 9.90 Å². The molecule has 130 valence electrons. The van der Waals surface area contributed by atoms with E-state index in [0.717, 1.165) is 37.0 Å². The maximum atomic E-state index is 12.4. The molecule has 1 fully saturated rings. The van der Waals surface area contributed by atoms with Crippen LogP contribution in [-0.4, -0.2) is 48.0 Å². The second kappa shape index (κ2) is 5.88. The number of ether oxygens (including phenoxy) is 2. The number of methoxy groups -OCH3 is 1. The Morgan fingerprint density at radius 2 is 2.38 bits per heavy atom. The normalized spacial score (nSPS) is 37.5. The molecule has 0 radical (unpaired) electrons. The van der Waals surface area contributed by atoms with Gasteiger partial charge >= 0.3 is 0 Å². The van der Waals surface area contributed by atoms with Gasteiger partial charge < -0.3 is 14.6 Å². The van der Waals surface area contributed by atoms with Crippen molar-refractivity contribution in [2.45, 2.75) is 56.8 Å². The van der Waals surface area contributed by atoms with Crippen molar-refractivity contribution < 1.29 is 19.4 Å². The van der Waals surface area contributed by atoms with Crippen LogP contribution in [0.4, 0.5) is 0 Å². The number of Topliss-reactive ketones (excluding diaryl/α,β-unsaturated/α-hetero) is 1. The van der Waals surface area contributed by atoms with E-state index in [1.165, 1.54) is 7.11 Å². The molecule has 2 heterocycles. The summed E-state index contributed by atoms with van der Waals surface area (Å²) in [6.07, 6.45) is 6.74. The molecule has 4 aliphatic rings. The predicted octanol–water partition coefficient (Wildman–Crippen LogP) is 2.52. The molecular formula is C18H22ClNO4. The van der Waals surface area contributed by atoms with E-state index in [1.807, 2.05) is 6.08 Å². The third-order valence-electron chi connectivity index (χ3n) is 5.74. The van der Waals surface area contributed by atoms with Gasteiger partial charge in [0.15, 0.2) is 5.78 Å². The van der Waals surface area contributed by atoms with Crippen molar-refractivity contribution in [3.63, 3.8) is 0 Å². The van der Waals surface area contributed by atoms with Gasteiger partial charge in [0, 0.05) is 18.4 Å². The minimum absolute atomic E-state index is 0.0218. The van der Waals surface area contributed by atoms with Crippen LogP contribution < -0.4 is 0 Å². The average Bonchev–Trinajstić information content (AvgIpc) is 2.82. The van der Waals surface area contributed by atoms with Gasteiger partial charge in [0.2, 0.25) is 5.90 Å². The fourth-order valence-corrected chi connectivity index (χ4v) is 4.93. The minimum Gasteiger partial charge on any atom is -0.493 e. The number of hydrogen-bond donors (Lipinski definition) is 1. The molecule has 1 spiro atoms. The highest BCUT2D eigenvalue weighted by Gasteiger charge is 2.55. The van der Waals surface area contributed by atoms with Gasteiger partial charge in [-0.15, -0.1) is 11.6 Å². The van der Waals surface area contributed by atoms with E-state index in [4.69, 9.17) is 26.1 Å². The molecule has 4 rings (SSSR count). The Morgan fingerprint density at radius 1 is 1.54 bits per heavy atom. The van der Waals surface area contributed by atoms with Gasteiger partial charge in [0.25, 0.3) is 0 Å². The average molecular weight is 352 g/mol. The molecule has 0 amide bonds. The van der Waals surface area contributed by atoms with Crippen LogP contribution in [-0.2, 0) is 14.3 Å².